The number of nitro groups is 1. The van der Waals surface area contributed by atoms with E-state index in [1.807, 2.05) is 0 Å². The van der Waals surface area contributed by atoms with Gasteiger partial charge in [-0.15, -0.1) is 0 Å². The first-order valence-corrected chi connectivity index (χ1v) is 5.85. The summed E-state index contributed by atoms with van der Waals surface area (Å²) in [7, 11) is 1.25. The van der Waals surface area contributed by atoms with Crippen LogP contribution in [-0.4, -0.2) is 18.0 Å². The number of carbonyl (C=O) groups is 1. The predicted molar refractivity (Wildman–Crippen MR) is 70.4 cm³/mol. The number of hydrogen-bond acceptors (Lipinski definition) is 6. The Bertz CT molecular complexity index is 683. The number of furan rings is 1. The van der Waals surface area contributed by atoms with Gasteiger partial charge in [-0.3, -0.25) is 10.1 Å². The zero-order valence-electron chi connectivity index (χ0n) is 11.0. The molecule has 0 bridgehead atoms. The monoisotopic (exact) mass is 294 g/mol. The zero-order valence-corrected chi connectivity index (χ0v) is 11.0. The molecule has 1 aromatic carbocycles. The van der Waals surface area contributed by atoms with Crippen molar-refractivity contribution in [3.8, 4) is 0 Å². The van der Waals surface area contributed by atoms with Crippen LogP contribution in [-0.2, 0) is 11.3 Å². The minimum absolute atomic E-state index is 0.0941. The molecule has 0 spiro atoms. The highest BCUT2D eigenvalue weighted by Crippen LogP contribution is 2.21. The van der Waals surface area contributed by atoms with Crippen LogP contribution < -0.4 is 5.32 Å². The number of non-ortho nitro benzene ring substituents is 1. The summed E-state index contributed by atoms with van der Waals surface area (Å²) < 4.78 is 23.3. The Morgan fingerprint density at radius 1 is 1.48 bits per heavy atom. The number of methoxy groups -OCH3 is 1. The van der Waals surface area contributed by atoms with Gasteiger partial charge in [-0.05, 0) is 12.1 Å². The zero-order chi connectivity index (χ0) is 15.4. The average Bonchev–Trinajstić information content (AvgIpc) is 2.93. The Hall–Kier alpha value is -2.90. The largest absolute Gasteiger partial charge is 0.467 e. The van der Waals surface area contributed by atoms with E-state index < -0.39 is 16.7 Å². The number of ether oxygens (including phenoxy) is 1. The number of anilines is 1. The topological polar surface area (TPSA) is 94.6 Å². The van der Waals surface area contributed by atoms with Crippen LogP contribution in [0.4, 0.5) is 15.8 Å². The van der Waals surface area contributed by atoms with Crippen LogP contribution in [0, 0.1) is 15.9 Å². The first kappa shape index (κ1) is 14.5. The Morgan fingerprint density at radius 2 is 2.24 bits per heavy atom. The molecule has 0 fully saturated rings. The number of esters is 1. The van der Waals surface area contributed by atoms with E-state index in [0.717, 1.165) is 6.07 Å². The molecule has 0 saturated heterocycles. The number of hydrogen-bond donors (Lipinski definition) is 1. The van der Waals surface area contributed by atoms with Gasteiger partial charge in [0.2, 0.25) is 0 Å². The van der Waals surface area contributed by atoms with Gasteiger partial charge in [0.25, 0.3) is 5.69 Å². The summed E-state index contributed by atoms with van der Waals surface area (Å²) >= 11 is 0. The van der Waals surface area contributed by atoms with Crippen LogP contribution >= 0.6 is 0 Å². The Morgan fingerprint density at radius 3 is 2.86 bits per heavy atom. The third kappa shape index (κ3) is 3.35. The van der Waals surface area contributed by atoms with Crippen LogP contribution in [0.1, 0.15) is 16.1 Å². The molecule has 0 amide bonds. The van der Waals surface area contributed by atoms with Crippen molar-refractivity contribution in [3.63, 3.8) is 0 Å². The lowest BCUT2D eigenvalue weighted by Gasteiger charge is -2.05. The van der Waals surface area contributed by atoms with Gasteiger partial charge in [0.15, 0.2) is 5.82 Å². The van der Waals surface area contributed by atoms with Crippen molar-refractivity contribution in [1.82, 2.24) is 0 Å². The fourth-order valence-corrected chi connectivity index (χ4v) is 1.64. The standard InChI is InChI=1S/C13H11FN2O5/c1-20-13(17)8-4-10(21-7-8)6-15-12-3-2-9(16(18)19)5-11(12)14/h2-5,7,15H,6H2,1H3. The van der Waals surface area contributed by atoms with E-state index in [4.69, 9.17) is 4.42 Å². The second kappa shape index (κ2) is 6.04. The lowest BCUT2D eigenvalue weighted by Crippen LogP contribution is -2.02. The number of benzene rings is 1. The highest BCUT2D eigenvalue weighted by molar-refractivity contribution is 5.89. The molecule has 0 saturated carbocycles. The van der Waals surface area contributed by atoms with Crippen molar-refractivity contribution >= 4 is 17.3 Å². The summed E-state index contributed by atoms with van der Waals surface area (Å²) in [5.41, 5.74) is 0.0131. The summed E-state index contributed by atoms with van der Waals surface area (Å²) in [6.45, 7) is 0.117. The molecule has 0 radical (unpaired) electrons. The molecule has 0 aliphatic heterocycles. The molecule has 2 aromatic rings. The highest BCUT2D eigenvalue weighted by atomic mass is 19.1. The lowest BCUT2D eigenvalue weighted by molar-refractivity contribution is -0.385. The molecule has 21 heavy (non-hydrogen) atoms. The van der Waals surface area contributed by atoms with E-state index in [1.165, 1.54) is 31.6 Å². The molecule has 1 heterocycles. The van der Waals surface area contributed by atoms with E-state index in [2.05, 4.69) is 10.1 Å². The molecule has 0 aliphatic rings. The maximum atomic E-state index is 13.6. The average molecular weight is 294 g/mol. The van der Waals surface area contributed by atoms with Crippen molar-refractivity contribution in [2.75, 3.05) is 12.4 Å². The normalized spacial score (nSPS) is 10.2. The van der Waals surface area contributed by atoms with Crippen LogP contribution in [0.2, 0.25) is 0 Å². The van der Waals surface area contributed by atoms with E-state index in [-0.39, 0.29) is 23.5 Å². The molecule has 1 N–H and O–H groups in total. The van der Waals surface area contributed by atoms with Crippen molar-refractivity contribution in [1.29, 1.82) is 0 Å². The van der Waals surface area contributed by atoms with Crippen LogP contribution in [0.15, 0.2) is 34.9 Å². The van der Waals surface area contributed by atoms with Crippen LogP contribution in [0.5, 0.6) is 0 Å². The smallest absolute Gasteiger partial charge is 0.341 e. The minimum Gasteiger partial charge on any atom is -0.467 e. The van der Waals surface area contributed by atoms with Gasteiger partial charge in [-0.2, -0.15) is 0 Å². The van der Waals surface area contributed by atoms with Gasteiger partial charge < -0.3 is 14.5 Å². The number of nitrogens with zero attached hydrogens (tertiary/aromatic N) is 1. The van der Waals surface area contributed by atoms with Crippen molar-refractivity contribution in [3.05, 3.63) is 57.8 Å². The number of halogens is 1. The van der Waals surface area contributed by atoms with E-state index >= 15 is 0 Å². The number of nitrogens with one attached hydrogen (secondary N) is 1. The van der Waals surface area contributed by atoms with Gasteiger partial charge in [-0.1, -0.05) is 0 Å². The molecule has 2 rings (SSSR count). The van der Waals surface area contributed by atoms with Crippen LogP contribution in [0.25, 0.3) is 0 Å². The minimum atomic E-state index is -0.746. The number of rotatable bonds is 5. The second-order valence-corrected chi connectivity index (χ2v) is 4.07. The highest BCUT2D eigenvalue weighted by Gasteiger charge is 2.12. The first-order chi connectivity index (χ1) is 10.0. The SMILES string of the molecule is COC(=O)c1coc(CNc2ccc([N+](=O)[O-])cc2F)c1. The summed E-state index contributed by atoms with van der Waals surface area (Å²) in [5, 5.41) is 13.2. The van der Waals surface area contributed by atoms with Gasteiger partial charge in [-0.25, -0.2) is 9.18 Å². The van der Waals surface area contributed by atoms with Crippen LogP contribution in [0.3, 0.4) is 0 Å². The summed E-state index contributed by atoms with van der Waals surface area (Å²) in [6, 6.07) is 4.73. The third-order valence-corrected chi connectivity index (χ3v) is 2.69. The first-order valence-electron chi connectivity index (χ1n) is 5.85. The molecule has 7 nitrogen and oxygen atoms in total. The Balaban J connectivity index is 2.04. The van der Waals surface area contributed by atoms with E-state index in [1.54, 1.807) is 0 Å². The molecular weight excluding hydrogens is 283 g/mol. The van der Waals surface area contributed by atoms with E-state index in [0.29, 0.717) is 5.76 Å². The molecular formula is C13H11FN2O5. The Kier molecular flexibility index (Phi) is 4.17. The second-order valence-electron chi connectivity index (χ2n) is 4.07. The fourth-order valence-electron chi connectivity index (χ4n) is 1.64. The summed E-state index contributed by atoms with van der Waals surface area (Å²) in [4.78, 5) is 21.0. The number of carbonyl (C=O) groups excluding carboxylic acids is 1. The number of nitro benzene ring substituents is 1. The Labute approximate surface area is 118 Å². The van der Waals surface area contributed by atoms with Crippen molar-refractivity contribution in [2.45, 2.75) is 6.54 Å². The van der Waals surface area contributed by atoms with E-state index in [9.17, 15) is 19.3 Å². The summed E-state index contributed by atoms with van der Waals surface area (Å²) in [6.07, 6.45) is 1.23. The maximum Gasteiger partial charge on any atom is 0.341 e. The molecule has 1 aromatic heterocycles. The quantitative estimate of drug-likeness (QED) is 0.517. The molecule has 0 atom stereocenters. The van der Waals surface area contributed by atoms with Gasteiger partial charge >= 0.3 is 5.97 Å². The third-order valence-electron chi connectivity index (χ3n) is 2.69. The van der Waals surface area contributed by atoms with Gasteiger partial charge in [0.05, 0.1) is 35.9 Å². The maximum absolute atomic E-state index is 13.6. The molecule has 8 heteroatoms. The molecule has 110 valence electrons. The predicted octanol–water partition coefficient (Wildman–Crippen LogP) is 2.73. The lowest BCUT2D eigenvalue weighted by atomic mass is 10.2. The fraction of sp³-hybridized carbons (Fsp3) is 0.154. The summed E-state index contributed by atoms with van der Waals surface area (Å²) in [5.74, 6) is -0.886. The van der Waals surface area contributed by atoms with Crippen molar-refractivity contribution in [2.24, 2.45) is 0 Å². The molecule has 0 unspecified atom stereocenters. The molecule has 0 aliphatic carbocycles. The van der Waals surface area contributed by atoms with Crippen molar-refractivity contribution < 1.29 is 23.3 Å². The van der Waals surface area contributed by atoms with Gasteiger partial charge in [0, 0.05) is 6.07 Å². The van der Waals surface area contributed by atoms with Gasteiger partial charge in [0.1, 0.15) is 12.0 Å².